The maximum atomic E-state index is 12.6. The van der Waals surface area contributed by atoms with Crippen molar-refractivity contribution in [1.29, 1.82) is 0 Å². The topological polar surface area (TPSA) is 97.1 Å². The Kier molecular flexibility index (Phi) is 4.29. The van der Waals surface area contributed by atoms with Gasteiger partial charge in [0.15, 0.2) is 0 Å². The van der Waals surface area contributed by atoms with Crippen molar-refractivity contribution in [2.45, 2.75) is 32.2 Å². The first-order valence-corrected chi connectivity index (χ1v) is 7.94. The number of sulfonamides is 1. The Morgan fingerprint density at radius 3 is 2.62 bits per heavy atom. The first-order valence-electron chi connectivity index (χ1n) is 6.46. The van der Waals surface area contributed by atoms with Crippen molar-refractivity contribution >= 4 is 15.7 Å². The molecule has 0 aliphatic carbocycles. The van der Waals surface area contributed by atoms with E-state index in [0.29, 0.717) is 22.8 Å². The number of aryl methyl sites for hydroxylation is 2. The zero-order valence-corrected chi connectivity index (χ0v) is 13.0. The van der Waals surface area contributed by atoms with Crippen molar-refractivity contribution in [2.75, 3.05) is 11.3 Å². The van der Waals surface area contributed by atoms with E-state index in [0.717, 1.165) is 0 Å². The molecule has 0 saturated heterocycles. The van der Waals surface area contributed by atoms with Crippen LogP contribution in [-0.4, -0.2) is 34.9 Å². The Bertz CT molecular complexity index is 753. The first kappa shape index (κ1) is 15.5. The number of anilines is 1. The molecule has 0 aromatic carbocycles. The van der Waals surface area contributed by atoms with E-state index in [9.17, 15) is 8.42 Å². The van der Waals surface area contributed by atoms with Gasteiger partial charge in [-0.2, -0.15) is 5.10 Å². The molecule has 0 saturated carbocycles. The summed E-state index contributed by atoms with van der Waals surface area (Å²) in [6, 6.07) is 3.32. The van der Waals surface area contributed by atoms with Crippen LogP contribution in [0.1, 0.15) is 17.1 Å². The molecule has 0 spiro atoms. The van der Waals surface area contributed by atoms with E-state index in [1.807, 2.05) is 0 Å². The highest BCUT2D eigenvalue weighted by Crippen LogP contribution is 2.23. The van der Waals surface area contributed by atoms with Gasteiger partial charge in [0.05, 0.1) is 35.9 Å². The monoisotopic (exact) mass is 310 g/mol. The fourth-order valence-electron chi connectivity index (χ4n) is 2.17. The van der Waals surface area contributed by atoms with Crippen molar-refractivity contribution < 1.29 is 13.5 Å². The van der Waals surface area contributed by atoms with Gasteiger partial charge in [-0.15, -0.1) is 0 Å². The number of nitrogens with one attached hydrogen (secondary N) is 1. The van der Waals surface area contributed by atoms with Gasteiger partial charge in [0.1, 0.15) is 4.90 Å². The van der Waals surface area contributed by atoms with Gasteiger partial charge in [-0.3, -0.25) is 14.4 Å². The summed E-state index contributed by atoms with van der Waals surface area (Å²) < 4.78 is 29.1. The van der Waals surface area contributed by atoms with Gasteiger partial charge in [-0.1, -0.05) is 0 Å². The lowest BCUT2D eigenvalue weighted by molar-refractivity contribution is 0.267. The largest absolute Gasteiger partial charge is 0.394 e. The van der Waals surface area contributed by atoms with Gasteiger partial charge in [0.2, 0.25) is 0 Å². The second-order valence-electron chi connectivity index (χ2n) is 4.69. The molecule has 0 amide bonds. The predicted octanol–water partition coefficient (Wildman–Crippen LogP) is 0.996. The number of nitrogens with zero attached hydrogens (tertiary/aromatic N) is 3. The number of hydrogen-bond donors (Lipinski definition) is 2. The van der Waals surface area contributed by atoms with Crippen molar-refractivity contribution in [1.82, 2.24) is 14.8 Å². The first-order chi connectivity index (χ1) is 9.86. The van der Waals surface area contributed by atoms with Crippen LogP contribution >= 0.6 is 0 Å². The highest BCUT2D eigenvalue weighted by molar-refractivity contribution is 7.92. The summed E-state index contributed by atoms with van der Waals surface area (Å²) in [7, 11) is -3.75. The Morgan fingerprint density at radius 2 is 2.00 bits per heavy atom. The molecule has 2 aromatic heterocycles. The molecule has 0 atom stereocenters. The molecule has 114 valence electrons. The average Bonchev–Trinajstić information content (AvgIpc) is 2.68. The molecule has 0 radical (unpaired) electrons. The average molecular weight is 310 g/mol. The molecule has 2 heterocycles. The molecule has 2 N–H and O–H groups in total. The van der Waals surface area contributed by atoms with Crippen molar-refractivity contribution in [2.24, 2.45) is 0 Å². The van der Waals surface area contributed by atoms with E-state index < -0.39 is 10.0 Å². The summed E-state index contributed by atoms with van der Waals surface area (Å²) in [5, 5.41) is 13.1. The molecule has 21 heavy (non-hydrogen) atoms. The van der Waals surface area contributed by atoms with Crippen LogP contribution < -0.4 is 4.72 Å². The van der Waals surface area contributed by atoms with Crippen LogP contribution in [-0.2, 0) is 16.6 Å². The highest BCUT2D eigenvalue weighted by atomic mass is 32.2. The quantitative estimate of drug-likeness (QED) is 0.858. The number of pyridine rings is 1. The molecule has 8 heteroatoms. The predicted molar refractivity (Wildman–Crippen MR) is 78.6 cm³/mol. The third kappa shape index (κ3) is 3.06. The SMILES string of the molecule is Cc1ncccc1NS(=O)(=O)c1c(C)nn(CCO)c1C. The van der Waals surface area contributed by atoms with E-state index in [2.05, 4.69) is 14.8 Å². The summed E-state index contributed by atoms with van der Waals surface area (Å²) in [4.78, 5) is 4.19. The third-order valence-electron chi connectivity index (χ3n) is 3.15. The van der Waals surface area contributed by atoms with Gasteiger partial charge < -0.3 is 5.11 Å². The lowest BCUT2D eigenvalue weighted by Gasteiger charge is -2.10. The molecular weight excluding hydrogens is 292 g/mol. The molecule has 0 aliphatic heterocycles. The Labute approximate surface area is 123 Å². The number of aromatic nitrogens is 3. The van der Waals surface area contributed by atoms with Crippen LogP contribution in [0.4, 0.5) is 5.69 Å². The minimum Gasteiger partial charge on any atom is -0.394 e. The fourth-order valence-corrected chi connectivity index (χ4v) is 3.70. The van der Waals surface area contributed by atoms with Crippen LogP contribution in [0.3, 0.4) is 0 Å². The van der Waals surface area contributed by atoms with Crippen molar-refractivity contribution in [3.63, 3.8) is 0 Å². The third-order valence-corrected chi connectivity index (χ3v) is 4.76. The number of rotatable bonds is 5. The van der Waals surface area contributed by atoms with E-state index in [4.69, 9.17) is 5.11 Å². The Morgan fingerprint density at radius 1 is 1.29 bits per heavy atom. The van der Waals surface area contributed by atoms with Gasteiger partial charge in [0, 0.05) is 6.20 Å². The number of hydrogen-bond acceptors (Lipinski definition) is 5. The second kappa shape index (κ2) is 5.82. The highest BCUT2D eigenvalue weighted by Gasteiger charge is 2.25. The summed E-state index contributed by atoms with van der Waals surface area (Å²) in [6.07, 6.45) is 1.60. The van der Waals surface area contributed by atoms with Crippen LogP contribution in [0.15, 0.2) is 23.2 Å². The van der Waals surface area contributed by atoms with E-state index in [-0.39, 0.29) is 18.0 Å². The number of aliphatic hydroxyl groups excluding tert-OH is 1. The lowest BCUT2D eigenvalue weighted by atomic mass is 10.3. The molecule has 0 aliphatic rings. The maximum absolute atomic E-state index is 12.6. The minimum absolute atomic E-state index is 0.101. The van der Waals surface area contributed by atoms with E-state index in [1.165, 1.54) is 4.68 Å². The van der Waals surface area contributed by atoms with Crippen LogP contribution in [0.5, 0.6) is 0 Å². The maximum Gasteiger partial charge on any atom is 0.265 e. The zero-order chi connectivity index (χ0) is 15.6. The Hall–Kier alpha value is -1.93. The molecule has 7 nitrogen and oxygen atoms in total. The minimum atomic E-state index is -3.75. The number of aliphatic hydroxyl groups is 1. The molecule has 2 rings (SSSR count). The lowest BCUT2D eigenvalue weighted by Crippen LogP contribution is -2.16. The van der Waals surface area contributed by atoms with Gasteiger partial charge in [-0.05, 0) is 32.9 Å². The fraction of sp³-hybridized carbons (Fsp3) is 0.385. The zero-order valence-electron chi connectivity index (χ0n) is 12.2. The molecular formula is C13H18N4O3S. The van der Waals surface area contributed by atoms with Gasteiger partial charge in [0.25, 0.3) is 10.0 Å². The van der Waals surface area contributed by atoms with Crippen molar-refractivity contribution in [3.05, 3.63) is 35.4 Å². The van der Waals surface area contributed by atoms with Gasteiger partial charge in [-0.25, -0.2) is 8.42 Å². The van der Waals surface area contributed by atoms with Gasteiger partial charge >= 0.3 is 0 Å². The van der Waals surface area contributed by atoms with Crippen LogP contribution in [0, 0.1) is 20.8 Å². The Balaban J connectivity index is 2.43. The standard InChI is InChI=1S/C13H18N4O3S/c1-9-12(5-4-6-14-9)16-21(19,20)13-10(2)15-17(7-8-18)11(13)3/h4-6,16,18H,7-8H2,1-3H3. The normalized spacial score (nSPS) is 11.6. The van der Waals surface area contributed by atoms with E-state index >= 15 is 0 Å². The molecule has 0 unspecified atom stereocenters. The summed E-state index contributed by atoms with van der Waals surface area (Å²) >= 11 is 0. The molecule has 2 aromatic rings. The molecule has 0 fully saturated rings. The summed E-state index contributed by atoms with van der Waals surface area (Å²) in [6.45, 7) is 5.18. The summed E-state index contributed by atoms with van der Waals surface area (Å²) in [5.74, 6) is 0. The van der Waals surface area contributed by atoms with E-state index in [1.54, 1.807) is 39.1 Å². The molecule has 0 bridgehead atoms. The summed E-state index contributed by atoms with van der Waals surface area (Å²) in [5.41, 5.74) is 1.93. The smallest absolute Gasteiger partial charge is 0.265 e. The van der Waals surface area contributed by atoms with Crippen LogP contribution in [0.2, 0.25) is 0 Å². The van der Waals surface area contributed by atoms with Crippen molar-refractivity contribution in [3.8, 4) is 0 Å². The van der Waals surface area contributed by atoms with Crippen LogP contribution in [0.25, 0.3) is 0 Å². The second-order valence-corrected chi connectivity index (χ2v) is 6.31.